The highest BCUT2D eigenvalue weighted by Crippen LogP contribution is 2.19. The van der Waals surface area contributed by atoms with Crippen molar-refractivity contribution < 1.29 is 17.9 Å². The van der Waals surface area contributed by atoms with Crippen molar-refractivity contribution in [2.24, 2.45) is 11.1 Å². The predicted octanol–water partition coefficient (Wildman–Crippen LogP) is -0.767. The number of nitrogens with zero attached hydrogens (tertiary/aromatic N) is 2. The summed E-state index contributed by atoms with van der Waals surface area (Å²) in [6.45, 7) is 7.76. The van der Waals surface area contributed by atoms with E-state index in [4.69, 9.17) is 9.88 Å². The van der Waals surface area contributed by atoms with Crippen molar-refractivity contribution in [3.63, 3.8) is 0 Å². The monoisotopic (exact) mass is 319 g/mol. The van der Waals surface area contributed by atoms with Crippen molar-refractivity contribution in [2.75, 3.05) is 38.5 Å². The molecule has 2 rings (SSSR count). The van der Waals surface area contributed by atoms with Crippen LogP contribution < -0.4 is 5.14 Å². The van der Waals surface area contributed by atoms with E-state index in [9.17, 15) is 13.2 Å². The maximum absolute atomic E-state index is 11.9. The van der Waals surface area contributed by atoms with Crippen molar-refractivity contribution >= 4 is 15.9 Å². The zero-order chi connectivity index (χ0) is 15.6. The van der Waals surface area contributed by atoms with Gasteiger partial charge in [-0.15, -0.1) is 0 Å². The molecule has 0 radical (unpaired) electrons. The van der Waals surface area contributed by atoms with Crippen LogP contribution in [0.4, 0.5) is 0 Å². The molecule has 1 unspecified atom stereocenters. The number of primary sulfonamides is 1. The summed E-state index contributed by atoms with van der Waals surface area (Å²) in [7, 11) is -3.51. The minimum absolute atomic E-state index is 0.0259. The van der Waals surface area contributed by atoms with E-state index in [0.717, 1.165) is 19.6 Å². The third-order valence-corrected chi connectivity index (χ3v) is 4.88. The number of sulfonamides is 1. The molecule has 0 aliphatic carbocycles. The van der Waals surface area contributed by atoms with Crippen LogP contribution in [0.25, 0.3) is 0 Å². The summed E-state index contributed by atoms with van der Waals surface area (Å²) in [6, 6.07) is 0. The molecule has 8 heteroatoms. The molecule has 3 atom stereocenters. The maximum Gasteiger partial charge on any atom is 0.223 e. The van der Waals surface area contributed by atoms with E-state index in [0.29, 0.717) is 13.1 Å². The summed E-state index contributed by atoms with van der Waals surface area (Å²) in [4.78, 5) is 16.0. The SMILES string of the molecule is C[C@@H]1CN(CCN2CC(CS(N)(=O)=O)CC2=O)C[C@H](C)O1. The molecule has 2 fully saturated rings. The summed E-state index contributed by atoms with van der Waals surface area (Å²) in [5.41, 5.74) is 0. The number of amides is 1. The minimum atomic E-state index is -3.51. The fraction of sp³-hybridized carbons (Fsp3) is 0.923. The average molecular weight is 319 g/mol. The Morgan fingerprint density at radius 1 is 1.19 bits per heavy atom. The van der Waals surface area contributed by atoms with Crippen molar-refractivity contribution in [1.29, 1.82) is 0 Å². The topological polar surface area (TPSA) is 92.9 Å². The van der Waals surface area contributed by atoms with Crippen molar-refractivity contribution in [3.8, 4) is 0 Å². The largest absolute Gasteiger partial charge is 0.373 e. The molecule has 0 bridgehead atoms. The zero-order valence-electron chi connectivity index (χ0n) is 12.7. The molecule has 21 heavy (non-hydrogen) atoms. The number of ether oxygens (including phenoxy) is 1. The van der Waals surface area contributed by atoms with Gasteiger partial charge in [-0.3, -0.25) is 9.69 Å². The van der Waals surface area contributed by atoms with Gasteiger partial charge in [-0.1, -0.05) is 0 Å². The predicted molar refractivity (Wildman–Crippen MR) is 79.1 cm³/mol. The standard InChI is InChI=1S/C13H25N3O4S/c1-10-6-15(7-11(2)20-10)3-4-16-8-12(5-13(16)17)9-21(14,18)19/h10-12H,3-9H2,1-2H3,(H2,14,18,19)/t10-,11+,12?. The Morgan fingerprint density at radius 2 is 1.81 bits per heavy atom. The molecule has 0 aromatic carbocycles. The van der Waals surface area contributed by atoms with E-state index in [1.807, 2.05) is 13.8 Å². The van der Waals surface area contributed by atoms with Crippen molar-refractivity contribution in [3.05, 3.63) is 0 Å². The lowest BCUT2D eigenvalue weighted by Crippen LogP contribution is -2.48. The highest BCUT2D eigenvalue weighted by Gasteiger charge is 2.32. The Hall–Kier alpha value is -0.700. The summed E-state index contributed by atoms with van der Waals surface area (Å²) in [5, 5.41) is 5.05. The first kappa shape index (κ1) is 16.7. The lowest BCUT2D eigenvalue weighted by Gasteiger charge is -2.36. The van der Waals surface area contributed by atoms with Gasteiger partial charge in [-0.25, -0.2) is 13.6 Å². The highest BCUT2D eigenvalue weighted by molar-refractivity contribution is 7.89. The van der Waals surface area contributed by atoms with E-state index in [2.05, 4.69) is 4.90 Å². The third kappa shape index (κ3) is 5.21. The number of carbonyl (C=O) groups is 1. The molecule has 2 saturated heterocycles. The fourth-order valence-corrected chi connectivity index (χ4v) is 4.12. The summed E-state index contributed by atoms with van der Waals surface area (Å²) in [6.07, 6.45) is 0.697. The van der Waals surface area contributed by atoms with Gasteiger partial charge in [0.1, 0.15) is 0 Å². The first-order chi connectivity index (χ1) is 9.73. The molecule has 0 spiro atoms. The third-order valence-electron chi connectivity index (χ3n) is 3.94. The van der Waals surface area contributed by atoms with Crippen LogP contribution in [-0.4, -0.2) is 74.8 Å². The Labute approximate surface area is 126 Å². The van der Waals surface area contributed by atoms with Crippen LogP contribution in [0.5, 0.6) is 0 Å². The van der Waals surface area contributed by atoms with Crippen LogP contribution in [0.2, 0.25) is 0 Å². The van der Waals surface area contributed by atoms with E-state index in [1.54, 1.807) is 4.90 Å². The fourth-order valence-electron chi connectivity index (χ4n) is 3.24. The van der Waals surface area contributed by atoms with Crippen LogP contribution in [0.1, 0.15) is 20.3 Å². The van der Waals surface area contributed by atoms with Gasteiger partial charge in [0.25, 0.3) is 0 Å². The van der Waals surface area contributed by atoms with Crippen LogP contribution in [0.3, 0.4) is 0 Å². The van der Waals surface area contributed by atoms with Crippen LogP contribution in [-0.2, 0) is 19.6 Å². The normalized spacial score (nSPS) is 31.9. The molecule has 2 heterocycles. The summed E-state index contributed by atoms with van der Waals surface area (Å²) >= 11 is 0. The maximum atomic E-state index is 11.9. The first-order valence-corrected chi connectivity index (χ1v) is 9.10. The molecule has 0 aromatic heterocycles. The molecule has 1 amide bonds. The Kier molecular flexibility index (Phi) is 5.24. The molecule has 2 aliphatic heterocycles. The second kappa shape index (κ2) is 6.60. The lowest BCUT2D eigenvalue weighted by molar-refractivity contribution is -0.128. The molecule has 122 valence electrons. The van der Waals surface area contributed by atoms with Crippen molar-refractivity contribution in [2.45, 2.75) is 32.5 Å². The molecule has 0 aromatic rings. The second-order valence-electron chi connectivity index (χ2n) is 6.26. The van der Waals surface area contributed by atoms with E-state index in [-0.39, 0.29) is 36.2 Å². The second-order valence-corrected chi connectivity index (χ2v) is 7.92. The van der Waals surface area contributed by atoms with Gasteiger partial charge in [0, 0.05) is 45.1 Å². The number of hydrogen-bond acceptors (Lipinski definition) is 5. The van der Waals surface area contributed by atoms with Gasteiger partial charge in [-0.05, 0) is 13.8 Å². The van der Waals surface area contributed by atoms with E-state index >= 15 is 0 Å². The molecule has 2 N–H and O–H groups in total. The van der Waals surface area contributed by atoms with E-state index in [1.165, 1.54) is 0 Å². The van der Waals surface area contributed by atoms with Crippen LogP contribution in [0, 0.1) is 5.92 Å². The smallest absolute Gasteiger partial charge is 0.223 e. The number of nitrogens with two attached hydrogens (primary N) is 1. The molecular formula is C13H25N3O4S. The number of rotatable bonds is 5. The molecule has 2 aliphatic rings. The molecular weight excluding hydrogens is 294 g/mol. The van der Waals surface area contributed by atoms with Crippen molar-refractivity contribution in [1.82, 2.24) is 9.80 Å². The first-order valence-electron chi connectivity index (χ1n) is 7.39. The Morgan fingerprint density at radius 3 is 2.38 bits per heavy atom. The Balaban J connectivity index is 1.79. The average Bonchev–Trinajstić information content (AvgIpc) is 2.63. The van der Waals surface area contributed by atoms with Gasteiger partial charge in [-0.2, -0.15) is 0 Å². The highest BCUT2D eigenvalue weighted by atomic mass is 32.2. The number of hydrogen-bond donors (Lipinski definition) is 1. The summed E-state index contributed by atoms with van der Waals surface area (Å²) in [5.74, 6) is -0.256. The van der Waals surface area contributed by atoms with Gasteiger partial charge in [0.2, 0.25) is 15.9 Å². The number of likely N-dealkylation sites (tertiary alicyclic amines) is 1. The van der Waals surface area contributed by atoms with Crippen LogP contribution in [0.15, 0.2) is 0 Å². The van der Waals surface area contributed by atoms with Gasteiger partial charge in [0.05, 0.1) is 18.0 Å². The van der Waals surface area contributed by atoms with Gasteiger partial charge < -0.3 is 9.64 Å². The zero-order valence-corrected chi connectivity index (χ0v) is 13.5. The minimum Gasteiger partial charge on any atom is -0.373 e. The summed E-state index contributed by atoms with van der Waals surface area (Å²) < 4.78 is 27.9. The van der Waals surface area contributed by atoms with Gasteiger partial charge in [0.15, 0.2) is 0 Å². The van der Waals surface area contributed by atoms with E-state index < -0.39 is 10.0 Å². The number of carbonyl (C=O) groups excluding carboxylic acids is 1. The van der Waals surface area contributed by atoms with Gasteiger partial charge >= 0.3 is 0 Å². The molecule has 0 saturated carbocycles. The lowest BCUT2D eigenvalue weighted by atomic mass is 10.1. The van der Waals surface area contributed by atoms with Crippen LogP contribution >= 0.6 is 0 Å². The number of morpholine rings is 1. The molecule has 7 nitrogen and oxygen atoms in total. The Bertz CT molecular complexity index is 472. The quantitative estimate of drug-likeness (QED) is 0.718.